The first-order valence-corrected chi connectivity index (χ1v) is 9.26. The normalized spacial score (nSPS) is 17.3. The van der Waals surface area contributed by atoms with Crippen molar-refractivity contribution < 1.29 is 14.3 Å². The highest BCUT2D eigenvalue weighted by Gasteiger charge is 2.24. The summed E-state index contributed by atoms with van der Waals surface area (Å²) < 4.78 is 5.24. The van der Waals surface area contributed by atoms with Crippen molar-refractivity contribution in [1.29, 1.82) is 0 Å². The number of aromatic nitrogens is 1. The average Bonchev–Trinajstić information content (AvgIpc) is 2.85. The van der Waals surface area contributed by atoms with Crippen molar-refractivity contribution in [3.8, 4) is 5.75 Å². The lowest BCUT2D eigenvalue weighted by molar-refractivity contribution is -0.131. The molecule has 2 aromatic rings. The molecule has 1 fully saturated rings. The van der Waals surface area contributed by atoms with Gasteiger partial charge in [-0.2, -0.15) is 0 Å². The molecule has 1 atom stereocenters. The molecule has 3 rings (SSSR count). The van der Waals surface area contributed by atoms with Gasteiger partial charge in [0.2, 0.25) is 5.91 Å². The zero-order valence-corrected chi connectivity index (χ0v) is 15.9. The van der Waals surface area contributed by atoms with Gasteiger partial charge in [-0.05, 0) is 42.7 Å². The topological polar surface area (TPSA) is 71.5 Å². The number of nitrogens with one attached hydrogen (secondary N) is 1. The van der Waals surface area contributed by atoms with Gasteiger partial charge >= 0.3 is 0 Å². The third-order valence-electron chi connectivity index (χ3n) is 4.61. The number of methoxy groups -OCH3 is 1. The minimum absolute atomic E-state index is 0.0609. The van der Waals surface area contributed by atoms with Crippen molar-refractivity contribution in [1.82, 2.24) is 15.2 Å². The highest BCUT2D eigenvalue weighted by molar-refractivity contribution is 6.30. The zero-order valence-electron chi connectivity index (χ0n) is 15.2. The molecular weight excluding hydrogens is 366 g/mol. The Balaban J connectivity index is 1.59. The van der Waals surface area contributed by atoms with E-state index in [1.54, 1.807) is 19.2 Å². The van der Waals surface area contributed by atoms with Crippen molar-refractivity contribution >= 4 is 23.4 Å². The van der Waals surface area contributed by atoms with Crippen LogP contribution in [0.15, 0.2) is 42.6 Å². The van der Waals surface area contributed by atoms with Crippen LogP contribution >= 0.6 is 11.6 Å². The van der Waals surface area contributed by atoms with Gasteiger partial charge in [0, 0.05) is 31.7 Å². The quantitative estimate of drug-likeness (QED) is 0.855. The van der Waals surface area contributed by atoms with E-state index in [9.17, 15) is 9.59 Å². The Labute approximate surface area is 163 Å². The summed E-state index contributed by atoms with van der Waals surface area (Å²) in [6, 6.07) is 10.9. The summed E-state index contributed by atoms with van der Waals surface area (Å²) in [7, 11) is 1.62. The molecule has 6 nitrogen and oxygen atoms in total. The fraction of sp³-hybridized carbons (Fsp3) is 0.350. The van der Waals surface area contributed by atoms with Crippen LogP contribution in [0.4, 0.5) is 0 Å². The SMILES string of the molecule is COc1cccc(CN2CCC(NC(=O)c3ccc(Cl)cn3)CCC2=O)c1. The number of amides is 2. The smallest absolute Gasteiger partial charge is 0.270 e. The number of halogens is 1. The third kappa shape index (κ3) is 5.20. The van der Waals surface area contributed by atoms with Crippen LogP contribution in [-0.2, 0) is 11.3 Å². The first-order chi connectivity index (χ1) is 13.0. The van der Waals surface area contributed by atoms with Gasteiger partial charge in [0.25, 0.3) is 5.91 Å². The van der Waals surface area contributed by atoms with Gasteiger partial charge in [-0.3, -0.25) is 9.59 Å². The molecule has 1 aliphatic rings. The molecule has 142 valence electrons. The Hall–Kier alpha value is -2.60. The molecule has 0 aliphatic carbocycles. The molecule has 0 spiro atoms. The molecule has 1 unspecified atom stereocenters. The summed E-state index contributed by atoms with van der Waals surface area (Å²) >= 11 is 5.80. The summed E-state index contributed by atoms with van der Waals surface area (Å²) in [6.45, 7) is 1.13. The lowest BCUT2D eigenvalue weighted by Gasteiger charge is -2.21. The molecule has 7 heteroatoms. The standard InChI is InChI=1S/C20H22ClN3O3/c1-27-17-4-2-3-14(11-17)13-24-10-9-16(6-8-19(24)25)23-20(26)18-7-5-15(21)12-22-18/h2-5,7,11-12,16H,6,8-10,13H2,1H3,(H,23,26). The van der Waals surface area contributed by atoms with E-state index in [-0.39, 0.29) is 17.9 Å². The maximum absolute atomic E-state index is 12.5. The van der Waals surface area contributed by atoms with E-state index in [4.69, 9.17) is 16.3 Å². The van der Waals surface area contributed by atoms with E-state index in [2.05, 4.69) is 10.3 Å². The summed E-state index contributed by atoms with van der Waals surface area (Å²) in [5, 5.41) is 3.46. The number of hydrogen-bond acceptors (Lipinski definition) is 4. The maximum Gasteiger partial charge on any atom is 0.270 e. The summed E-state index contributed by atoms with van der Waals surface area (Å²) in [6.07, 6.45) is 3.17. The predicted octanol–water partition coefficient (Wildman–Crippen LogP) is 3.05. The number of pyridine rings is 1. The molecule has 0 saturated carbocycles. The fourth-order valence-electron chi connectivity index (χ4n) is 3.11. The molecule has 1 aliphatic heterocycles. The number of carbonyl (C=O) groups excluding carboxylic acids is 2. The van der Waals surface area contributed by atoms with Gasteiger partial charge in [0.1, 0.15) is 11.4 Å². The highest BCUT2D eigenvalue weighted by atomic mass is 35.5. The van der Waals surface area contributed by atoms with E-state index < -0.39 is 0 Å². The van der Waals surface area contributed by atoms with E-state index in [0.717, 1.165) is 11.3 Å². The van der Waals surface area contributed by atoms with Gasteiger partial charge in [0.05, 0.1) is 12.1 Å². The van der Waals surface area contributed by atoms with Crippen LogP contribution in [0.25, 0.3) is 0 Å². The van der Waals surface area contributed by atoms with Crippen LogP contribution in [-0.4, -0.2) is 41.4 Å². The second-order valence-corrected chi connectivity index (χ2v) is 6.96. The van der Waals surface area contributed by atoms with Crippen LogP contribution in [0.2, 0.25) is 5.02 Å². The Morgan fingerprint density at radius 3 is 2.93 bits per heavy atom. The van der Waals surface area contributed by atoms with Gasteiger partial charge in [-0.25, -0.2) is 4.98 Å². The van der Waals surface area contributed by atoms with Crippen molar-refractivity contribution in [2.24, 2.45) is 0 Å². The van der Waals surface area contributed by atoms with Crippen LogP contribution in [0.5, 0.6) is 5.75 Å². The van der Waals surface area contributed by atoms with Crippen LogP contribution in [0.1, 0.15) is 35.3 Å². The molecular formula is C20H22ClN3O3. The molecule has 2 heterocycles. The molecule has 1 aromatic carbocycles. The maximum atomic E-state index is 12.5. The van der Waals surface area contributed by atoms with Crippen molar-refractivity contribution in [2.75, 3.05) is 13.7 Å². The second-order valence-electron chi connectivity index (χ2n) is 6.53. The van der Waals surface area contributed by atoms with Gasteiger partial charge in [0.15, 0.2) is 0 Å². The van der Waals surface area contributed by atoms with Crippen molar-refractivity contribution in [3.05, 3.63) is 58.9 Å². The summed E-state index contributed by atoms with van der Waals surface area (Å²) in [5.74, 6) is 0.625. The monoisotopic (exact) mass is 387 g/mol. The number of rotatable bonds is 5. The summed E-state index contributed by atoms with van der Waals surface area (Å²) in [5.41, 5.74) is 1.35. The lowest BCUT2D eigenvalue weighted by atomic mass is 10.1. The second kappa shape index (κ2) is 8.86. The van der Waals surface area contributed by atoms with Crippen molar-refractivity contribution in [3.63, 3.8) is 0 Å². The van der Waals surface area contributed by atoms with Gasteiger partial charge in [-0.15, -0.1) is 0 Å². The van der Waals surface area contributed by atoms with E-state index in [1.165, 1.54) is 6.20 Å². The Kier molecular flexibility index (Phi) is 6.29. The fourth-order valence-corrected chi connectivity index (χ4v) is 3.22. The Bertz CT molecular complexity index is 810. The molecule has 1 N–H and O–H groups in total. The third-order valence-corrected chi connectivity index (χ3v) is 4.83. The molecule has 1 saturated heterocycles. The zero-order chi connectivity index (χ0) is 19.2. The van der Waals surface area contributed by atoms with E-state index >= 15 is 0 Å². The summed E-state index contributed by atoms with van der Waals surface area (Å²) in [4.78, 5) is 30.7. The van der Waals surface area contributed by atoms with Gasteiger partial charge < -0.3 is 15.0 Å². The number of nitrogens with zero attached hydrogens (tertiary/aromatic N) is 2. The predicted molar refractivity (Wildman–Crippen MR) is 103 cm³/mol. The number of carbonyl (C=O) groups is 2. The van der Waals surface area contributed by atoms with Crippen LogP contribution in [0.3, 0.4) is 0 Å². The highest BCUT2D eigenvalue weighted by Crippen LogP contribution is 2.18. The molecule has 1 aromatic heterocycles. The number of hydrogen-bond donors (Lipinski definition) is 1. The molecule has 27 heavy (non-hydrogen) atoms. The number of likely N-dealkylation sites (tertiary alicyclic amines) is 1. The Morgan fingerprint density at radius 2 is 2.19 bits per heavy atom. The van der Waals surface area contributed by atoms with E-state index in [0.29, 0.717) is 43.1 Å². The largest absolute Gasteiger partial charge is 0.497 e. The first kappa shape index (κ1) is 19.2. The van der Waals surface area contributed by atoms with Crippen LogP contribution < -0.4 is 10.1 Å². The average molecular weight is 388 g/mol. The number of ether oxygens (including phenoxy) is 1. The minimum Gasteiger partial charge on any atom is -0.497 e. The number of benzene rings is 1. The lowest BCUT2D eigenvalue weighted by Crippen LogP contribution is -2.36. The molecule has 0 radical (unpaired) electrons. The Morgan fingerprint density at radius 1 is 1.33 bits per heavy atom. The molecule has 2 amide bonds. The molecule has 0 bridgehead atoms. The van der Waals surface area contributed by atoms with E-state index in [1.807, 2.05) is 29.2 Å². The van der Waals surface area contributed by atoms with Crippen molar-refractivity contribution in [2.45, 2.75) is 31.8 Å². The first-order valence-electron chi connectivity index (χ1n) is 8.88. The van der Waals surface area contributed by atoms with Gasteiger partial charge in [-0.1, -0.05) is 23.7 Å². The minimum atomic E-state index is -0.245. The van der Waals surface area contributed by atoms with Crippen LogP contribution in [0, 0.1) is 0 Å².